The summed E-state index contributed by atoms with van der Waals surface area (Å²) >= 11 is 0. The van der Waals surface area contributed by atoms with E-state index in [1.165, 1.54) is 0 Å². The lowest BCUT2D eigenvalue weighted by Crippen LogP contribution is -2.36. The zero-order valence-corrected chi connectivity index (χ0v) is 13.4. The van der Waals surface area contributed by atoms with Crippen molar-refractivity contribution in [3.05, 3.63) is 5.82 Å². The van der Waals surface area contributed by atoms with Crippen LogP contribution in [0.5, 0.6) is 0 Å². The SMILES string of the molecule is CC(C)C(Cn1nnnc1CNC(C)(C)C)C(C)C. The first-order valence-electron chi connectivity index (χ1n) is 7.20. The van der Waals surface area contributed by atoms with Crippen molar-refractivity contribution >= 4 is 0 Å². The Hall–Kier alpha value is -0.970. The monoisotopic (exact) mass is 267 g/mol. The van der Waals surface area contributed by atoms with E-state index in [4.69, 9.17) is 0 Å². The van der Waals surface area contributed by atoms with E-state index >= 15 is 0 Å². The van der Waals surface area contributed by atoms with Gasteiger partial charge in [-0.3, -0.25) is 0 Å². The molecule has 1 rings (SSSR count). The number of hydrogen-bond acceptors (Lipinski definition) is 4. The molecule has 1 N–H and O–H groups in total. The van der Waals surface area contributed by atoms with Gasteiger partial charge in [-0.1, -0.05) is 27.7 Å². The van der Waals surface area contributed by atoms with Gasteiger partial charge in [-0.15, -0.1) is 5.10 Å². The lowest BCUT2D eigenvalue weighted by molar-refractivity contribution is 0.236. The number of rotatable bonds is 6. The van der Waals surface area contributed by atoms with E-state index in [2.05, 4.69) is 69.3 Å². The Kier molecular flexibility index (Phi) is 5.47. The summed E-state index contributed by atoms with van der Waals surface area (Å²) in [4.78, 5) is 0. The molecule has 0 aliphatic rings. The third-order valence-electron chi connectivity index (χ3n) is 3.48. The van der Waals surface area contributed by atoms with Crippen molar-refractivity contribution < 1.29 is 0 Å². The van der Waals surface area contributed by atoms with E-state index < -0.39 is 0 Å². The first-order chi connectivity index (χ1) is 8.70. The van der Waals surface area contributed by atoms with Crippen LogP contribution in [0.25, 0.3) is 0 Å². The number of nitrogens with one attached hydrogen (secondary N) is 1. The van der Waals surface area contributed by atoms with Crippen LogP contribution in [0.15, 0.2) is 0 Å². The van der Waals surface area contributed by atoms with E-state index in [0.29, 0.717) is 24.3 Å². The predicted molar refractivity (Wildman–Crippen MR) is 77.6 cm³/mol. The standard InChI is InChI=1S/C14H29N5/c1-10(2)12(11(3)4)9-19-13(16-17-18-19)8-15-14(5,6)7/h10-12,15H,8-9H2,1-7H3. The molecule has 1 heterocycles. The molecule has 0 fully saturated rings. The lowest BCUT2D eigenvalue weighted by Gasteiger charge is -2.25. The second-order valence-corrected chi connectivity index (χ2v) is 7.03. The van der Waals surface area contributed by atoms with Crippen LogP contribution >= 0.6 is 0 Å². The highest BCUT2D eigenvalue weighted by Gasteiger charge is 2.21. The highest BCUT2D eigenvalue weighted by atomic mass is 15.5. The van der Waals surface area contributed by atoms with Crippen LogP contribution in [-0.4, -0.2) is 25.7 Å². The zero-order valence-electron chi connectivity index (χ0n) is 13.4. The van der Waals surface area contributed by atoms with Gasteiger partial charge in [0, 0.05) is 12.1 Å². The maximum Gasteiger partial charge on any atom is 0.165 e. The van der Waals surface area contributed by atoms with Crippen LogP contribution in [0.3, 0.4) is 0 Å². The Morgan fingerprint density at radius 2 is 1.68 bits per heavy atom. The molecule has 0 aliphatic heterocycles. The molecule has 0 spiro atoms. The minimum absolute atomic E-state index is 0.0757. The van der Waals surface area contributed by atoms with Gasteiger partial charge in [0.1, 0.15) is 0 Å². The molecular weight excluding hydrogens is 238 g/mol. The normalized spacial score (nSPS) is 12.9. The summed E-state index contributed by atoms with van der Waals surface area (Å²) in [5, 5.41) is 15.5. The van der Waals surface area contributed by atoms with Crippen molar-refractivity contribution in [3.63, 3.8) is 0 Å². The van der Waals surface area contributed by atoms with Crippen LogP contribution in [-0.2, 0) is 13.1 Å². The molecule has 110 valence electrons. The summed E-state index contributed by atoms with van der Waals surface area (Å²) in [5.74, 6) is 2.78. The van der Waals surface area contributed by atoms with Gasteiger partial charge in [-0.25, -0.2) is 4.68 Å². The number of nitrogens with zero attached hydrogens (tertiary/aromatic N) is 4. The molecule has 0 aliphatic carbocycles. The Balaban J connectivity index is 2.71. The smallest absolute Gasteiger partial charge is 0.165 e. The van der Waals surface area contributed by atoms with E-state index in [-0.39, 0.29) is 5.54 Å². The molecule has 0 atom stereocenters. The van der Waals surface area contributed by atoms with Crippen molar-refractivity contribution in [2.24, 2.45) is 17.8 Å². The van der Waals surface area contributed by atoms with Crippen LogP contribution < -0.4 is 5.32 Å². The second-order valence-electron chi connectivity index (χ2n) is 7.03. The van der Waals surface area contributed by atoms with Crippen LogP contribution in [0.2, 0.25) is 0 Å². The number of aromatic nitrogens is 4. The van der Waals surface area contributed by atoms with Gasteiger partial charge in [-0.2, -0.15) is 0 Å². The molecule has 0 saturated heterocycles. The average molecular weight is 267 g/mol. The molecule has 0 aromatic carbocycles. The molecule has 0 bridgehead atoms. The highest BCUT2D eigenvalue weighted by molar-refractivity contribution is 4.84. The van der Waals surface area contributed by atoms with Crippen LogP contribution in [0.4, 0.5) is 0 Å². The van der Waals surface area contributed by atoms with Gasteiger partial charge >= 0.3 is 0 Å². The minimum Gasteiger partial charge on any atom is -0.305 e. The first kappa shape index (κ1) is 16.1. The predicted octanol–water partition coefficient (Wildman–Crippen LogP) is 2.49. The fourth-order valence-corrected chi connectivity index (χ4v) is 2.23. The quantitative estimate of drug-likeness (QED) is 0.860. The average Bonchev–Trinajstić information content (AvgIpc) is 2.68. The van der Waals surface area contributed by atoms with Crippen molar-refractivity contribution in [2.45, 2.75) is 67.1 Å². The highest BCUT2D eigenvalue weighted by Crippen LogP contribution is 2.22. The summed E-state index contributed by atoms with van der Waals surface area (Å²) in [7, 11) is 0. The molecule has 0 radical (unpaired) electrons. The van der Waals surface area contributed by atoms with Gasteiger partial charge in [0.05, 0.1) is 6.54 Å². The molecular formula is C14H29N5. The topological polar surface area (TPSA) is 55.6 Å². The van der Waals surface area contributed by atoms with Gasteiger partial charge < -0.3 is 5.32 Å². The van der Waals surface area contributed by atoms with E-state index in [1.807, 2.05) is 4.68 Å². The largest absolute Gasteiger partial charge is 0.305 e. The van der Waals surface area contributed by atoms with Gasteiger partial charge in [0.2, 0.25) is 0 Å². The van der Waals surface area contributed by atoms with Crippen LogP contribution in [0.1, 0.15) is 54.3 Å². The summed E-state index contributed by atoms with van der Waals surface area (Å²) in [6.07, 6.45) is 0. The van der Waals surface area contributed by atoms with Crippen molar-refractivity contribution in [1.29, 1.82) is 0 Å². The van der Waals surface area contributed by atoms with E-state index in [0.717, 1.165) is 12.4 Å². The maximum atomic E-state index is 4.14. The molecule has 0 unspecified atom stereocenters. The molecule has 1 aromatic heterocycles. The van der Waals surface area contributed by atoms with Gasteiger partial charge in [0.25, 0.3) is 0 Å². The van der Waals surface area contributed by atoms with Crippen molar-refractivity contribution in [3.8, 4) is 0 Å². The molecule has 1 aromatic rings. The molecule has 0 saturated carbocycles. The lowest BCUT2D eigenvalue weighted by atomic mass is 9.85. The Morgan fingerprint density at radius 1 is 1.11 bits per heavy atom. The van der Waals surface area contributed by atoms with Crippen molar-refractivity contribution in [1.82, 2.24) is 25.5 Å². The fraction of sp³-hybridized carbons (Fsp3) is 0.929. The Labute approximate surface area is 117 Å². The first-order valence-corrected chi connectivity index (χ1v) is 7.20. The molecule has 0 amide bonds. The molecule has 5 heteroatoms. The van der Waals surface area contributed by atoms with Crippen LogP contribution in [0, 0.1) is 17.8 Å². The fourth-order valence-electron chi connectivity index (χ4n) is 2.23. The second kappa shape index (κ2) is 6.46. The summed E-state index contributed by atoms with van der Waals surface area (Å²) in [5.41, 5.74) is 0.0757. The minimum atomic E-state index is 0.0757. The Morgan fingerprint density at radius 3 is 2.16 bits per heavy atom. The molecule has 19 heavy (non-hydrogen) atoms. The third-order valence-corrected chi connectivity index (χ3v) is 3.48. The van der Waals surface area contributed by atoms with Gasteiger partial charge in [0.15, 0.2) is 5.82 Å². The van der Waals surface area contributed by atoms with E-state index in [1.54, 1.807) is 0 Å². The molecule has 5 nitrogen and oxygen atoms in total. The van der Waals surface area contributed by atoms with Crippen molar-refractivity contribution in [2.75, 3.05) is 0 Å². The summed E-state index contributed by atoms with van der Waals surface area (Å²) in [6.45, 7) is 17.1. The van der Waals surface area contributed by atoms with Gasteiger partial charge in [-0.05, 0) is 49.0 Å². The summed E-state index contributed by atoms with van der Waals surface area (Å²) in [6, 6.07) is 0. The summed E-state index contributed by atoms with van der Waals surface area (Å²) < 4.78 is 1.95. The third kappa shape index (κ3) is 5.27. The zero-order chi connectivity index (χ0) is 14.6. The van der Waals surface area contributed by atoms with E-state index in [9.17, 15) is 0 Å². The Bertz CT molecular complexity index is 367. The number of hydrogen-bond donors (Lipinski definition) is 1. The maximum absolute atomic E-state index is 4.14. The number of tetrazole rings is 1.